The number of hydrogen-bond donors (Lipinski definition) is 3. The standard InChI is InChI=1S/C14H26N6O.ClH/c1-3-5-12(14-17-19-20-18-14)16-13(21)8-10(2)11-6-4-7-15-9-11;/h10-12,15H,3-9H2,1-2H3,(H,16,21)(H,17,18,19,20);1H. The Morgan fingerprint density at radius 3 is 2.91 bits per heavy atom. The molecule has 1 fully saturated rings. The third kappa shape index (κ3) is 5.53. The summed E-state index contributed by atoms with van der Waals surface area (Å²) >= 11 is 0. The van der Waals surface area contributed by atoms with Crippen LogP contribution in [0, 0.1) is 11.8 Å². The minimum absolute atomic E-state index is 0. The Labute approximate surface area is 137 Å². The maximum Gasteiger partial charge on any atom is 0.220 e. The van der Waals surface area contributed by atoms with Crippen LogP contribution in [0.2, 0.25) is 0 Å². The van der Waals surface area contributed by atoms with Gasteiger partial charge in [-0.05, 0) is 44.2 Å². The van der Waals surface area contributed by atoms with Crippen LogP contribution in [0.15, 0.2) is 0 Å². The predicted octanol–water partition coefficient (Wildman–Crippen LogP) is 1.60. The molecule has 1 aliphatic rings. The highest BCUT2D eigenvalue weighted by molar-refractivity contribution is 5.85. The van der Waals surface area contributed by atoms with Crippen molar-refractivity contribution in [2.45, 2.75) is 52.0 Å². The van der Waals surface area contributed by atoms with Crippen molar-refractivity contribution in [1.82, 2.24) is 31.3 Å². The zero-order valence-corrected chi connectivity index (χ0v) is 14.2. The molecule has 8 heteroatoms. The lowest BCUT2D eigenvalue weighted by atomic mass is 9.85. The third-order valence-corrected chi connectivity index (χ3v) is 4.23. The van der Waals surface area contributed by atoms with Crippen LogP contribution in [0.4, 0.5) is 0 Å². The molecule has 0 aromatic carbocycles. The van der Waals surface area contributed by atoms with Gasteiger partial charge in [0.2, 0.25) is 5.91 Å². The molecule has 1 aliphatic heterocycles. The van der Waals surface area contributed by atoms with Gasteiger partial charge in [0.15, 0.2) is 5.82 Å². The maximum absolute atomic E-state index is 12.3. The molecule has 0 aliphatic carbocycles. The molecule has 126 valence electrons. The van der Waals surface area contributed by atoms with E-state index in [0.29, 0.717) is 24.1 Å². The van der Waals surface area contributed by atoms with Crippen molar-refractivity contribution in [3.05, 3.63) is 5.82 Å². The van der Waals surface area contributed by atoms with Gasteiger partial charge < -0.3 is 10.6 Å². The summed E-state index contributed by atoms with van der Waals surface area (Å²) in [4.78, 5) is 12.3. The molecule has 2 heterocycles. The zero-order valence-electron chi connectivity index (χ0n) is 13.3. The molecule has 0 radical (unpaired) electrons. The largest absolute Gasteiger partial charge is 0.346 e. The summed E-state index contributed by atoms with van der Waals surface area (Å²) in [5.74, 6) is 1.64. The molecule has 22 heavy (non-hydrogen) atoms. The highest BCUT2D eigenvalue weighted by atomic mass is 35.5. The van der Waals surface area contributed by atoms with E-state index in [4.69, 9.17) is 0 Å². The van der Waals surface area contributed by atoms with Crippen LogP contribution in [-0.2, 0) is 4.79 Å². The van der Waals surface area contributed by atoms with Crippen molar-refractivity contribution in [3.63, 3.8) is 0 Å². The number of piperidine rings is 1. The van der Waals surface area contributed by atoms with E-state index in [1.165, 1.54) is 12.8 Å². The molecule has 3 atom stereocenters. The van der Waals surface area contributed by atoms with Gasteiger partial charge in [-0.2, -0.15) is 5.21 Å². The molecule has 1 aromatic rings. The van der Waals surface area contributed by atoms with Gasteiger partial charge in [0, 0.05) is 6.42 Å². The second kappa shape index (κ2) is 9.74. The van der Waals surface area contributed by atoms with Gasteiger partial charge in [0.1, 0.15) is 0 Å². The van der Waals surface area contributed by atoms with E-state index in [2.05, 4.69) is 45.1 Å². The first-order valence-corrected chi connectivity index (χ1v) is 7.94. The summed E-state index contributed by atoms with van der Waals surface area (Å²) in [6.07, 6.45) is 4.76. The second-order valence-corrected chi connectivity index (χ2v) is 5.97. The first-order chi connectivity index (χ1) is 10.2. The molecule has 7 nitrogen and oxygen atoms in total. The van der Waals surface area contributed by atoms with Crippen LogP contribution in [0.25, 0.3) is 0 Å². The normalized spacial score (nSPS) is 20.7. The molecule has 0 saturated carbocycles. The minimum atomic E-state index is -0.141. The van der Waals surface area contributed by atoms with Gasteiger partial charge in [-0.3, -0.25) is 4.79 Å². The van der Waals surface area contributed by atoms with Crippen LogP contribution in [0.1, 0.15) is 57.8 Å². The van der Waals surface area contributed by atoms with Gasteiger partial charge >= 0.3 is 0 Å². The monoisotopic (exact) mass is 330 g/mol. The summed E-state index contributed by atoms with van der Waals surface area (Å²) in [7, 11) is 0. The average molecular weight is 331 g/mol. The summed E-state index contributed by atoms with van der Waals surface area (Å²) in [5.41, 5.74) is 0. The number of carbonyl (C=O) groups excluding carboxylic acids is 1. The Morgan fingerprint density at radius 2 is 2.32 bits per heavy atom. The summed E-state index contributed by atoms with van der Waals surface area (Å²) in [6.45, 7) is 6.37. The lowest BCUT2D eigenvalue weighted by Gasteiger charge is -2.28. The Morgan fingerprint density at radius 1 is 1.50 bits per heavy atom. The number of aromatic amines is 1. The number of rotatable bonds is 7. The number of hydrogen-bond acceptors (Lipinski definition) is 5. The Kier molecular flexibility index (Phi) is 8.34. The van der Waals surface area contributed by atoms with Crippen molar-refractivity contribution in [2.75, 3.05) is 13.1 Å². The smallest absolute Gasteiger partial charge is 0.220 e. The number of tetrazole rings is 1. The van der Waals surface area contributed by atoms with Gasteiger partial charge in [-0.15, -0.1) is 22.6 Å². The third-order valence-electron chi connectivity index (χ3n) is 4.23. The van der Waals surface area contributed by atoms with Crippen molar-refractivity contribution in [2.24, 2.45) is 11.8 Å². The molecule has 2 rings (SSSR count). The van der Waals surface area contributed by atoms with Crippen LogP contribution in [0.3, 0.4) is 0 Å². The highest BCUT2D eigenvalue weighted by Gasteiger charge is 2.24. The number of amides is 1. The number of carbonyl (C=O) groups is 1. The van der Waals surface area contributed by atoms with Crippen LogP contribution in [0.5, 0.6) is 0 Å². The van der Waals surface area contributed by atoms with Crippen molar-refractivity contribution >= 4 is 18.3 Å². The number of nitrogens with one attached hydrogen (secondary N) is 3. The number of nitrogens with zero attached hydrogens (tertiary/aromatic N) is 3. The van der Waals surface area contributed by atoms with E-state index in [1.54, 1.807) is 0 Å². The van der Waals surface area contributed by atoms with Crippen LogP contribution < -0.4 is 10.6 Å². The molecule has 3 unspecified atom stereocenters. The van der Waals surface area contributed by atoms with Crippen molar-refractivity contribution < 1.29 is 4.79 Å². The van der Waals surface area contributed by atoms with Gasteiger partial charge in [0.05, 0.1) is 6.04 Å². The Bertz CT molecular complexity index is 421. The first-order valence-electron chi connectivity index (χ1n) is 7.94. The molecular weight excluding hydrogens is 304 g/mol. The lowest BCUT2D eigenvalue weighted by Crippen LogP contribution is -2.36. The summed E-state index contributed by atoms with van der Waals surface area (Å²) in [5, 5.41) is 20.4. The minimum Gasteiger partial charge on any atom is -0.346 e. The van der Waals surface area contributed by atoms with Gasteiger partial charge in [-0.25, -0.2) is 0 Å². The Hall–Kier alpha value is -1.21. The number of H-pyrrole nitrogens is 1. The summed E-state index contributed by atoms with van der Waals surface area (Å²) in [6, 6.07) is -0.141. The lowest BCUT2D eigenvalue weighted by molar-refractivity contribution is -0.123. The zero-order chi connectivity index (χ0) is 15.1. The van der Waals surface area contributed by atoms with Crippen molar-refractivity contribution in [3.8, 4) is 0 Å². The van der Waals surface area contributed by atoms with Crippen molar-refractivity contribution in [1.29, 1.82) is 0 Å². The first kappa shape index (κ1) is 18.8. The average Bonchev–Trinajstić information content (AvgIpc) is 3.02. The molecular formula is C14H27ClN6O. The molecule has 0 bridgehead atoms. The fourth-order valence-corrected chi connectivity index (χ4v) is 2.95. The second-order valence-electron chi connectivity index (χ2n) is 5.97. The van der Waals surface area contributed by atoms with E-state index in [0.717, 1.165) is 25.9 Å². The molecule has 1 aromatic heterocycles. The Balaban J connectivity index is 0.00000242. The molecule has 1 saturated heterocycles. The van der Waals surface area contributed by atoms with E-state index >= 15 is 0 Å². The highest BCUT2D eigenvalue weighted by Crippen LogP contribution is 2.23. The molecule has 0 spiro atoms. The van der Waals surface area contributed by atoms with Crippen LogP contribution in [-0.4, -0.2) is 39.6 Å². The molecule has 1 amide bonds. The fourth-order valence-electron chi connectivity index (χ4n) is 2.95. The van der Waals surface area contributed by atoms with Crippen LogP contribution >= 0.6 is 12.4 Å². The molecule has 3 N–H and O–H groups in total. The topological polar surface area (TPSA) is 95.6 Å². The number of aromatic nitrogens is 4. The summed E-state index contributed by atoms with van der Waals surface area (Å²) < 4.78 is 0. The van der Waals surface area contributed by atoms with Gasteiger partial charge in [-0.1, -0.05) is 25.5 Å². The van der Waals surface area contributed by atoms with Gasteiger partial charge in [0.25, 0.3) is 0 Å². The SMILES string of the molecule is CCCC(NC(=O)CC(C)C1CCCNC1)c1nn[nH]n1.Cl. The van der Waals surface area contributed by atoms with E-state index in [-0.39, 0.29) is 24.4 Å². The maximum atomic E-state index is 12.3. The fraction of sp³-hybridized carbons (Fsp3) is 0.857. The predicted molar refractivity (Wildman–Crippen MR) is 86.6 cm³/mol. The quantitative estimate of drug-likeness (QED) is 0.706. The van der Waals surface area contributed by atoms with E-state index < -0.39 is 0 Å². The number of halogens is 1. The van der Waals surface area contributed by atoms with E-state index in [9.17, 15) is 4.79 Å². The van der Waals surface area contributed by atoms with E-state index in [1.807, 2.05) is 0 Å².